The summed E-state index contributed by atoms with van der Waals surface area (Å²) in [5.74, 6) is 0.658. The Morgan fingerprint density at radius 1 is 1.47 bits per heavy atom. The van der Waals surface area contributed by atoms with Gasteiger partial charge in [-0.2, -0.15) is 0 Å². The zero-order valence-corrected chi connectivity index (χ0v) is 12.8. The summed E-state index contributed by atoms with van der Waals surface area (Å²) in [5.41, 5.74) is 1.11. The number of carbonyl (C=O) groups excluding carboxylic acids is 1. The van der Waals surface area contributed by atoms with E-state index in [1.807, 2.05) is 38.4 Å². The molecule has 0 saturated heterocycles. The van der Waals surface area contributed by atoms with E-state index in [1.54, 1.807) is 4.90 Å². The van der Waals surface area contributed by atoms with Crippen molar-refractivity contribution in [2.75, 3.05) is 27.2 Å². The third-order valence-corrected chi connectivity index (χ3v) is 3.83. The number of likely N-dealkylation sites (N-methyl/N-ethyl adjacent to an activating group) is 2. The quantitative estimate of drug-likeness (QED) is 0.906. The average Bonchev–Trinajstić information content (AvgIpc) is 3.15. The summed E-state index contributed by atoms with van der Waals surface area (Å²) in [4.78, 5) is 14.0. The largest absolute Gasteiger partial charge is 0.344 e. The van der Waals surface area contributed by atoms with Crippen LogP contribution in [0.2, 0.25) is 5.02 Å². The van der Waals surface area contributed by atoms with Crippen molar-refractivity contribution < 1.29 is 4.79 Å². The normalized spacial score (nSPS) is 20.6. The van der Waals surface area contributed by atoms with Crippen LogP contribution >= 0.6 is 24.0 Å². The third-order valence-electron chi connectivity index (χ3n) is 3.49. The molecule has 5 heteroatoms. The molecule has 1 saturated carbocycles. The molecule has 0 aliphatic heterocycles. The number of nitrogens with zero attached hydrogens (tertiary/aromatic N) is 1. The van der Waals surface area contributed by atoms with E-state index in [0.29, 0.717) is 5.92 Å². The highest BCUT2D eigenvalue weighted by atomic mass is 35.5. The Bertz CT molecular complexity index is 439. The smallest absolute Gasteiger partial charge is 0.226 e. The van der Waals surface area contributed by atoms with Crippen molar-refractivity contribution in [1.82, 2.24) is 10.2 Å². The number of hydrogen-bond acceptors (Lipinski definition) is 2. The van der Waals surface area contributed by atoms with Gasteiger partial charge in [-0.25, -0.2) is 0 Å². The number of benzene rings is 1. The van der Waals surface area contributed by atoms with Crippen LogP contribution < -0.4 is 5.32 Å². The molecule has 1 aromatic carbocycles. The van der Waals surface area contributed by atoms with E-state index >= 15 is 0 Å². The Kier molecular flexibility index (Phi) is 6.11. The van der Waals surface area contributed by atoms with Gasteiger partial charge in [0.05, 0.1) is 0 Å². The lowest BCUT2D eigenvalue weighted by Crippen LogP contribution is -2.34. The van der Waals surface area contributed by atoms with Gasteiger partial charge >= 0.3 is 0 Å². The van der Waals surface area contributed by atoms with Crippen LogP contribution in [0.3, 0.4) is 0 Å². The maximum absolute atomic E-state index is 12.2. The van der Waals surface area contributed by atoms with E-state index in [-0.39, 0.29) is 24.2 Å². The Morgan fingerprint density at radius 3 is 2.79 bits per heavy atom. The number of carbonyl (C=O) groups is 1. The molecule has 3 nitrogen and oxygen atoms in total. The number of hydrogen-bond donors (Lipinski definition) is 1. The molecular weight excluding hydrogens is 283 g/mol. The molecule has 1 N–H and O–H groups in total. The minimum atomic E-state index is 0. The van der Waals surface area contributed by atoms with Gasteiger partial charge in [0.1, 0.15) is 0 Å². The topological polar surface area (TPSA) is 32.3 Å². The van der Waals surface area contributed by atoms with E-state index < -0.39 is 0 Å². The van der Waals surface area contributed by atoms with Crippen LogP contribution in [0, 0.1) is 5.92 Å². The standard InChI is InChI=1S/C14H19ClN2O.ClH/c1-16-7-8-17(2)14(18)12-9-11(12)10-5-3-4-6-13(10)15;/h3-6,11-12,16H,7-9H2,1-2H3;1H. The molecule has 0 aromatic heterocycles. The van der Waals surface area contributed by atoms with Crippen molar-refractivity contribution >= 4 is 29.9 Å². The van der Waals surface area contributed by atoms with Gasteiger partial charge in [0, 0.05) is 31.1 Å². The fourth-order valence-corrected chi connectivity index (χ4v) is 2.54. The Morgan fingerprint density at radius 2 is 2.16 bits per heavy atom. The molecule has 0 heterocycles. The van der Waals surface area contributed by atoms with Gasteiger partial charge < -0.3 is 10.2 Å². The molecule has 1 aromatic rings. The van der Waals surface area contributed by atoms with Gasteiger partial charge in [-0.3, -0.25) is 4.79 Å². The summed E-state index contributed by atoms with van der Waals surface area (Å²) in [6.07, 6.45) is 0.923. The maximum atomic E-state index is 12.2. The van der Waals surface area contributed by atoms with E-state index in [0.717, 1.165) is 30.1 Å². The number of amides is 1. The monoisotopic (exact) mass is 302 g/mol. The van der Waals surface area contributed by atoms with Gasteiger partial charge in [0.25, 0.3) is 0 Å². The Hall–Kier alpha value is -0.770. The van der Waals surface area contributed by atoms with Crippen molar-refractivity contribution in [1.29, 1.82) is 0 Å². The van der Waals surface area contributed by atoms with E-state index in [4.69, 9.17) is 11.6 Å². The first-order valence-corrected chi connectivity index (χ1v) is 6.67. The van der Waals surface area contributed by atoms with Gasteiger partial charge in [-0.1, -0.05) is 29.8 Å². The summed E-state index contributed by atoms with van der Waals surface area (Å²) in [7, 11) is 3.75. The molecule has 0 bridgehead atoms. The van der Waals surface area contributed by atoms with Crippen LogP contribution in [0.15, 0.2) is 24.3 Å². The molecule has 2 rings (SSSR count). The summed E-state index contributed by atoms with van der Waals surface area (Å²) in [5, 5.41) is 3.82. The lowest BCUT2D eigenvalue weighted by atomic mass is 10.1. The molecule has 1 fully saturated rings. The predicted molar refractivity (Wildman–Crippen MR) is 81.1 cm³/mol. The van der Waals surface area contributed by atoms with E-state index in [9.17, 15) is 4.79 Å². The zero-order chi connectivity index (χ0) is 13.1. The fraction of sp³-hybridized carbons (Fsp3) is 0.500. The molecule has 2 atom stereocenters. The first-order chi connectivity index (χ1) is 8.65. The van der Waals surface area contributed by atoms with E-state index in [1.165, 1.54) is 0 Å². The Labute approximate surface area is 125 Å². The highest BCUT2D eigenvalue weighted by Crippen LogP contribution is 2.50. The Balaban J connectivity index is 0.00000180. The average molecular weight is 303 g/mol. The second-order valence-corrected chi connectivity index (χ2v) is 5.24. The second-order valence-electron chi connectivity index (χ2n) is 4.83. The molecule has 1 aliphatic carbocycles. The highest BCUT2D eigenvalue weighted by molar-refractivity contribution is 6.31. The molecular formula is C14H20Cl2N2O. The zero-order valence-electron chi connectivity index (χ0n) is 11.2. The summed E-state index contributed by atoms with van der Waals surface area (Å²) >= 11 is 6.16. The SMILES string of the molecule is CNCCN(C)C(=O)C1CC1c1ccccc1Cl.Cl. The van der Waals surface area contributed by atoms with Gasteiger partial charge in [0.15, 0.2) is 0 Å². The molecule has 1 amide bonds. The van der Waals surface area contributed by atoms with E-state index in [2.05, 4.69) is 5.32 Å². The number of nitrogens with one attached hydrogen (secondary N) is 1. The van der Waals surface area contributed by atoms with Gasteiger partial charge in [-0.15, -0.1) is 12.4 Å². The first kappa shape index (κ1) is 16.3. The lowest BCUT2D eigenvalue weighted by molar-refractivity contribution is -0.131. The van der Waals surface area contributed by atoms with Crippen molar-refractivity contribution in [3.63, 3.8) is 0 Å². The van der Waals surface area contributed by atoms with Crippen molar-refractivity contribution in [3.8, 4) is 0 Å². The van der Waals surface area contributed by atoms with Crippen molar-refractivity contribution in [2.24, 2.45) is 5.92 Å². The first-order valence-electron chi connectivity index (χ1n) is 6.29. The van der Waals surface area contributed by atoms with Crippen LogP contribution in [0.4, 0.5) is 0 Å². The minimum absolute atomic E-state index is 0. The van der Waals surface area contributed by atoms with Crippen LogP contribution in [0.25, 0.3) is 0 Å². The molecule has 106 valence electrons. The summed E-state index contributed by atoms with van der Waals surface area (Å²) < 4.78 is 0. The molecule has 19 heavy (non-hydrogen) atoms. The van der Waals surface area contributed by atoms with Crippen LogP contribution in [-0.2, 0) is 4.79 Å². The molecule has 0 spiro atoms. The fourth-order valence-electron chi connectivity index (χ4n) is 2.26. The summed E-state index contributed by atoms with van der Waals surface area (Å²) in [6.45, 7) is 1.58. The van der Waals surface area contributed by atoms with Crippen molar-refractivity contribution in [2.45, 2.75) is 12.3 Å². The summed E-state index contributed by atoms with van der Waals surface area (Å²) in [6, 6.07) is 7.81. The molecule has 0 radical (unpaired) electrons. The molecule has 2 unspecified atom stereocenters. The number of halogens is 2. The molecule has 1 aliphatic rings. The highest BCUT2D eigenvalue weighted by Gasteiger charge is 2.45. The minimum Gasteiger partial charge on any atom is -0.344 e. The van der Waals surface area contributed by atoms with Crippen LogP contribution in [0.1, 0.15) is 17.9 Å². The predicted octanol–water partition coefficient (Wildman–Crippen LogP) is 2.54. The number of rotatable bonds is 5. The third kappa shape index (κ3) is 3.85. The van der Waals surface area contributed by atoms with Crippen molar-refractivity contribution in [3.05, 3.63) is 34.9 Å². The lowest BCUT2D eigenvalue weighted by Gasteiger charge is -2.17. The van der Waals surface area contributed by atoms with Gasteiger partial charge in [0.2, 0.25) is 5.91 Å². The van der Waals surface area contributed by atoms with Gasteiger partial charge in [-0.05, 0) is 31.0 Å². The van der Waals surface area contributed by atoms with Crippen LogP contribution in [0.5, 0.6) is 0 Å². The van der Waals surface area contributed by atoms with Crippen LogP contribution in [-0.4, -0.2) is 38.0 Å². The second kappa shape index (κ2) is 7.13. The maximum Gasteiger partial charge on any atom is 0.226 e.